The van der Waals surface area contributed by atoms with Crippen molar-refractivity contribution in [3.05, 3.63) is 53.6 Å². The summed E-state index contributed by atoms with van der Waals surface area (Å²) in [5, 5.41) is 1.04. The number of hydrogen-bond acceptors (Lipinski definition) is 5. The fourth-order valence-electron chi connectivity index (χ4n) is 3.40. The van der Waals surface area contributed by atoms with Gasteiger partial charge in [-0.2, -0.15) is 0 Å². The summed E-state index contributed by atoms with van der Waals surface area (Å²) >= 11 is 1.74. The number of hydrogen-bond donors (Lipinski definition) is 0. The molecule has 1 fully saturated rings. The molecule has 0 spiro atoms. The molecule has 1 aromatic heterocycles. The molecule has 1 amide bonds. The van der Waals surface area contributed by atoms with Gasteiger partial charge in [-0.3, -0.25) is 4.79 Å². The van der Waals surface area contributed by atoms with Crippen LogP contribution < -0.4 is 9.64 Å². The zero-order valence-electron chi connectivity index (χ0n) is 15.6. The van der Waals surface area contributed by atoms with Gasteiger partial charge in [-0.1, -0.05) is 36.5 Å². The van der Waals surface area contributed by atoms with E-state index >= 15 is 0 Å². The van der Waals surface area contributed by atoms with E-state index in [1.165, 1.54) is 10.3 Å². The van der Waals surface area contributed by atoms with Crippen LogP contribution in [0.4, 0.5) is 5.13 Å². The second kappa shape index (κ2) is 7.56. The molecule has 0 aliphatic carbocycles. The number of ether oxygens (including phenoxy) is 1. The number of rotatable bonds is 4. The second-order valence-electron chi connectivity index (χ2n) is 6.63. The highest BCUT2D eigenvalue weighted by Gasteiger charge is 2.25. The zero-order valence-corrected chi connectivity index (χ0v) is 16.5. The van der Waals surface area contributed by atoms with Crippen LogP contribution in [0.2, 0.25) is 0 Å². The van der Waals surface area contributed by atoms with Gasteiger partial charge in [0.1, 0.15) is 5.75 Å². The normalized spacial score (nSPS) is 14.6. The SMILES string of the molecule is CCc1ccc2nc(N3CCN(C(=O)c4ccccc4OC)CC3)sc2c1. The van der Waals surface area contributed by atoms with Crippen molar-refractivity contribution in [2.45, 2.75) is 13.3 Å². The number of benzene rings is 2. The summed E-state index contributed by atoms with van der Waals surface area (Å²) in [6.45, 7) is 5.13. The van der Waals surface area contributed by atoms with Crippen molar-refractivity contribution in [2.24, 2.45) is 0 Å². The third kappa shape index (κ3) is 3.49. The summed E-state index contributed by atoms with van der Waals surface area (Å²) < 4.78 is 6.57. The third-order valence-electron chi connectivity index (χ3n) is 5.02. The van der Waals surface area contributed by atoms with Gasteiger partial charge < -0.3 is 14.5 Å². The van der Waals surface area contributed by atoms with Crippen molar-refractivity contribution in [1.82, 2.24) is 9.88 Å². The Kier molecular flexibility index (Phi) is 4.99. The molecule has 4 rings (SSSR count). The molecule has 1 aliphatic rings. The minimum Gasteiger partial charge on any atom is -0.496 e. The lowest BCUT2D eigenvalue weighted by molar-refractivity contribution is 0.0743. The van der Waals surface area contributed by atoms with Crippen LogP contribution in [0.5, 0.6) is 5.75 Å². The number of nitrogens with zero attached hydrogens (tertiary/aromatic N) is 3. The quantitative estimate of drug-likeness (QED) is 0.689. The van der Waals surface area contributed by atoms with Crippen LogP contribution in [0.15, 0.2) is 42.5 Å². The van der Waals surface area contributed by atoms with E-state index in [4.69, 9.17) is 9.72 Å². The monoisotopic (exact) mass is 381 g/mol. The van der Waals surface area contributed by atoms with Crippen molar-refractivity contribution in [2.75, 3.05) is 38.2 Å². The highest BCUT2D eigenvalue weighted by Crippen LogP contribution is 2.30. The molecule has 0 radical (unpaired) electrons. The molecule has 1 aliphatic heterocycles. The molecule has 2 aromatic carbocycles. The number of fused-ring (bicyclic) bond motifs is 1. The Morgan fingerprint density at radius 1 is 1.15 bits per heavy atom. The first kappa shape index (κ1) is 17.8. The molecule has 0 saturated carbocycles. The molecule has 140 valence electrons. The summed E-state index contributed by atoms with van der Waals surface area (Å²) in [5.74, 6) is 0.659. The van der Waals surface area contributed by atoms with Gasteiger partial charge in [0.25, 0.3) is 5.91 Å². The van der Waals surface area contributed by atoms with Crippen LogP contribution in [0.3, 0.4) is 0 Å². The van der Waals surface area contributed by atoms with E-state index in [0.717, 1.165) is 30.2 Å². The first-order valence-corrected chi connectivity index (χ1v) is 10.1. The molecule has 0 atom stereocenters. The number of thiazole rings is 1. The first-order chi connectivity index (χ1) is 13.2. The number of aryl methyl sites for hydroxylation is 1. The molecule has 1 saturated heterocycles. The van der Waals surface area contributed by atoms with Gasteiger partial charge in [-0.05, 0) is 36.2 Å². The van der Waals surface area contributed by atoms with E-state index in [-0.39, 0.29) is 5.91 Å². The Labute approximate surface area is 163 Å². The molecule has 5 nitrogen and oxygen atoms in total. The standard InChI is InChI=1S/C21H23N3O2S/c1-3-15-8-9-17-19(14-15)27-21(22-17)24-12-10-23(11-13-24)20(25)16-6-4-5-7-18(16)26-2/h4-9,14H,3,10-13H2,1-2H3. The Balaban J connectivity index is 1.46. The van der Waals surface area contributed by atoms with Gasteiger partial charge in [0.15, 0.2) is 5.13 Å². The van der Waals surface area contributed by atoms with Gasteiger partial charge >= 0.3 is 0 Å². The summed E-state index contributed by atoms with van der Waals surface area (Å²) in [7, 11) is 1.60. The molecule has 0 bridgehead atoms. The zero-order chi connectivity index (χ0) is 18.8. The number of anilines is 1. The van der Waals surface area contributed by atoms with Crippen LogP contribution >= 0.6 is 11.3 Å². The number of para-hydroxylation sites is 1. The molecule has 0 N–H and O–H groups in total. The summed E-state index contributed by atoms with van der Waals surface area (Å²) in [6, 6.07) is 13.9. The molecule has 3 aromatic rings. The van der Waals surface area contributed by atoms with Gasteiger partial charge in [0, 0.05) is 26.2 Å². The number of piperazine rings is 1. The number of aromatic nitrogens is 1. The molecule has 27 heavy (non-hydrogen) atoms. The van der Waals surface area contributed by atoms with E-state index in [9.17, 15) is 4.79 Å². The van der Waals surface area contributed by atoms with Gasteiger partial charge in [0.05, 0.1) is 22.9 Å². The molecule has 6 heteroatoms. The number of carbonyl (C=O) groups excluding carboxylic acids is 1. The molecule has 2 heterocycles. The first-order valence-electron chi connectivity index (χ1n) is 9.26. The smallest absolute Gasteiger partial charge is 0.257 e. The fraction of sp³-hybridized carbons (Fsp3) is 0.333. The Morgan fingerprint density at radius 2 is 1.93 bits per heavy atom. The highest BCUT2D eigenvalue weighted by atomic mass is 32.1. The average Bonchev–Trinajstić information content (AvgIpc) is 3.16. The molecule has 0 unspecified atom stereocenters. The number of methoxy groups -OCH3 is 1. The Bertz CT molecular complexity index is 961. The minimum atomic E-state index is 0.0315. The van der Waals surface area contributed by atoms with E-state index in [1.54, 1.807) is 18.4 Å². The number of carbonyl (C=O) groups is 1. The lowest BCUT2D eigenvalue weighted by Crippen LogP contribution is -2.48. The largest absolute Gasteiger partial charge is 0.496 e. The van der Waals surface area contributed by atoms with Crippen LogP contribution in [-0.4, -0.2) is 49.1 Å². The van der Waals surface area contributed by atoms with Crippen LogP contribution in [-0.2, 0) is 6.42 Å². The molecular weight excluding hydrogens is 358 g/mol. The Hall–Kier alpha value is -2.60. The maximum absolute atomic E-state index is 12.8. The summed E-state index contributed by atoms with van der Waals surface area (Å²) in [6.07, 6.45) is 1.03. The van der Waals surface area contributed by atoms with E-state index in [1.807, 2.05) is 29.2 Å². The van der Waals surface area contributed by atoms with Crippen LogP contribution in [0, 0.1) is 0 Å². The van der Waals surface area contributed by atoms with Gasteiger partial charge in [-0.25, -0.2) is 4.98 Å². The van der Waals surface area contributed by atoms with Gasteiger partial charge in [0.2, 0.25) is 0 Å². The lowest BCUT2D eigenvalue weighted by atomic mass is 10.1. The van der Waals surface area contributed by atoms with Crippen molar-refractivity contribution in [3.8, 4) is 5.75 Å². The van der Waals surface area contributed by atoms with Crippen molar-refractivity contribution >= 4 is 32.6 Å². The maximum Gasteiger partial charge on any atom is 0.257 e. The summed E-state index contributed by atoms with van der Waals surface area (Å²) in [4.78, 5) is 21.8. The predicted molar refractivity (Wildman–Crippen MR) is 110 cm³/mol. The fourth-order valence-corrected chi connectivity index (χ4v) is 4.49. The van der Waals surface area contributed by atoms with Crippen molar-refractivity contribution in [3.63, 3.8) is 0 Å². The Morgan fingerprint density at radius 3 is 2.67 bits per heavy atom. The topological polar surface area (TPSA) is 45.7 Å². The van der Waals surface area contributed by atoms with Crippen LogP contribution in [0.1, 0.15) is 22.8 Å². The van der Waals surface area contributed by atoms with E-state index in [2.05, 4.69) is 30.0 Å². The van der Waals surface area contributed by atoms with E-state index < -0.39 is 0 Å². The van der Waals surface area contributed by atoms with Crippen molar-refractivity contribution < 1.29 is 9.53 Å². The van der Waals surface area contributed by atoms with E-state index in [0.29, 0.717) is 24.4 Å². The third-order valence-corrected chi connectivity index (χ3v) is 6.10. The van der Waals surface area contributed by atoms with Gasteiger partial charge in [-0.15, -0.1) is 0 Å². The lowest BCUT2D eigenvalue weighted by Gasteiger charge is -2.34. The summed E-state index contributed by atoms with van der Waals surface area (Å²) in [5.41, 5.74) is 3.02. The molecular formula is C21H23N3O2S. The maximum atomic E-state index is 12.8. The highest BCUT2D eigenvalue weighted by molar-refractivity contribution is 7.22. The predicted octanol–water partition coefficient (Wildman–Crippen LogP) is 3.83. The van der Waals surface area contributed by atoms with Crippen molar-refractivity contribution in [1.29, 1.82) is 0 Å². The number of amides is 1. The second-order valence-corrected chi connectivity index (χ2v) is 7.64. The average molecular weight is 382 g/mol. The van der Waals surface area contributed by atoms with Crippen LogP contribution in [0.25, 0.3) is 10.2 Å². The minimum absolute atomic E-state index is 0.0315.